The van der Waals surface area contributed by atoms with Crippen molar-refractivity contribution in [1.29, 1.82) is 0 Å². The molecule has 0 aromatic heterocycles. The molecule has 0 aliphatic carbocycles. The summed E-state index contributed by atoms with van der Waals surface area (Å²) in [6.45, 7) is 7.16. The van der Waals surface area contributed by atoms with Crippen LogP contribution in [0.2, 0.25) is 0 Å². The van der Waals surface area contributed by atoms with Crippen LogP contribution in [0.15, 0.2) is 60.7 Å². The van der Waals surface area contributed by atoms with Crippen molar-refractivity contribution in [2.75, 3.05) is 19.6 Å². The van der Waals surface area contributed by atoms with Gasteiger partial charge in [0, 0.05) is 49.4 Å². The summed E-state index contributed by atoms with van der Waals surface area (Å²) < 4.78 is 27.3. The molecular formula is C32H38F2N3O3. The molecule has 0 aliphatic heterocycles. The van der Waals surface area contributed by atoms with Crippen LogP contribution in [-0.4, -0.2) is 58.5 Å². The first-order valence-electron chi connectivity index (χ1n) is 13.6. The van der Waals surface area contributed by atoms with E-state index in [1.54, 1.807) is 41.3 Å². The van der Waals surface area contributed by atoms with E-state index in [0.29, 0.717) is 29.8 Å². The fourth-order valence-electron chi connectivity index (χ4n) is 4.72. The van der Waals surface area contributed by atoms with E-state index in [4.69, 9.17) is 5.73 Å². The lowest BCUT2D eigenvalue weighted by Crippen LogP contribution is -2.46. The molecule has 0 saturated carbocycles. The number of rotatable bonds is 13. The number of carbonyl (C=O) groups excluding carboxylic acids is 2. The normalized spacial score (nSPS) is 12.6. The van der Waals surface area contributed by atoms with E-state index in [1.807, 2.05) is 26.8 Å². The Balaban J connectivity index is 1.87. The van der Waals surface area contributed by atoms with Crippen molar-refractivity contribution in [3.05, 3.63) is 106 Å². The molecular weight excluding hydrogens is 512 g/mol. The predicted molar refractivity (Wildman–Crippen MR) is 152 cm³/mol. The molecule has 40 heavy (non-hydrogen) atoms. The molecule has 1 radical (unpaired) electrons. The summed E-state index contributed by atoms with van der Waals surface area (Å²) in [5.74, 6) is -1.96. The van der Waals surface area contributed by atoms with Gasteiger partial charge in [0.15, 0.2) is 0 Å². The fourth-order valence-corrected chi connectivity index (χ4v) is 4.72. The Bertz CT molecular complexity index is 1260. The third kappa shape index (κ3) is 8.69. The van der Waals surface area contributed by atoms with E-state index >= 15 is 0 Å². The maximum Gasteiger partial charge on any atom is 0.254 e. The van der Waals surface area contributed by atoms with Crippen molar-refractivity contribution in [2.45, 2.75) is 58.7 Å². The minimum Gasteiger partial charge on any atom is -0.390 e. The zero-order valence-corrected chi connectivity index (χ0v) is 23.4. The summed E-state index contributed by atoms with van der Waals surface area (Å²) in [6.07, 6.45) is 0.487. The first kappa shape index (κ1) is 30.9. The molecule has 8 heteroatoms. The van der Waals surface area contributed by atoms with Gasteiger partial charge in [0.05, 0.1) is 6.10 Å². The highest BCUT2D eigenvalue weighted by Crippen LogP contribution is 2.18. The average Bonchev–Trinajstić information content (AvgIpc) is 2.91. The number of benzene rings is 3. The molecule has 0 bridgehead atoms. The van der Waals surface area contributed by atoms with Crippen molar-refractivity contribution < 1.29 is 23.5 Å². The number of aliphatic hydroxyl groups is 1. The predicted octanol–water partition coefficient (Wildman–Crippen LogP) is 4.91. The highest BCUT2D eigenvalue weighted by atomic mass is 19.1. The van der Waals surface area contributed by atoms with Crippen molar-refractivity contribution in [3.8, 4) is 0 Å². The van der Waals surface area contributed by atoms with Gasteiger partial charge in [0.1, 0.15) is 11.6 Å². The first-order valence-corrected chi connectivity index (χ1v) is 13.6. The third-order valence-corrected chi connectivity index (χ3v) is 6.57. The van der Waals surface area contributed by atoms with Crippen LogP contribution in [0, 0.1) is 24.6 Å². The summed E-state index contributed by atoms with van der Waals surface area (Å²) in [5, 5.41) is 11.0. The Kier molecular flexibility index (Phi) is 11.3. The number of amides is 2. The number of aliphatic hydroxyl groups excluding tert-OH is 1. The van der Waals surface area contributed by atoms with Gasteiger partial charge in [-0.2, -0.15) is 0 Å². The molecule has 0 unspecified atom stereocenters. The summed E-state index contributed by atoms with van der Waals surface area (Å²) in [6, 6.07) is 17.5. The molecule has 3 aromatic carbocycles. The minimum absolute atomic E-state index is 0.0186. The number of aryl methyl sites for hydroxylation is 1. The molecule has 3 N–H and O–H groups in total. The van der Waals surface area contributed by atoms with Crippen LogP contribution in [-0.2, 0) is 13.0 Å². The van der Waals surface area contributed by atoms with Crippen molar-refractivity contribution in [3.63, 3.8) is 0 Å². The number of halogens is 2. The van der Waals surface area contributed by atoms with Crippen LogP contribution in [0.4, 0.5) is 8.78 Å². The molecule has 0 aliphatic rings. The van der Waals surface area contributed by atoms with E-state index in [2.05, 4.69) is 6.07 Å². The van der Waals surface area contributed by atoms with E-state index in [9.17, 15) is 23.5 Å². The summed E-state index contributed by atoms with van der Waals surface area (Å²) in [4.78, 5) is 30.4. The van der Waals surface area contributed by atoms with E-state index in [0.717, 1.165) is 30.0 Å². The standard InChI is InChI=1S/C32H38F2N3O3/c1-4-11-36(12-5-2)31(39)25-13-22(3)14-26(18-25)32(40)37(20-23-9-7-6-8-10-23)21-30(38)29(35)17-24-15-27(33)19-28(34)16-24/h6-7,9-10,13-16,18-19,29-30,38H,4-5,11-12,17,20-21,35H2,1-3H3/t29-,30+/m0/s1. The second-order valence-corrected chi connectivity index (χ2v) is 10.2. The number of hydrogen-bond donors (Lipinski definition) is 2. The van der Waals surface area contributed by atoms with E-state index < -0.39 is 23.8 Å². The summed E-state index contributed by atoms with van der Waals surface area (Å²) in [5.41, 5.74) is 8.85. The lowest BCUT2D eigenvalue weighted by Gasteiger charge is -2.29. The van der Waals surface area contributed by atoms with E-state index in [-0.39, 0.29) is 31.3 Å². The molecule has 2 amide bonds. The molecule has 3 rings (SSSR count). The fraction of sp³-hybridized carbons (Fsp3) is 0.375. The number of hydrogen-bond acceptors (Lipinski definition) is 4. The van der Waals surface area contributed by atoms with E-state index in [1.165, 1.54) is 17.0 Å². The highest BCUT2D eigenvalue weighted by molar-refractivity contribution is 6.00. The number of nitrogens with two attached hydrogens (primary N) is 1. The highest BCUT2D eigenvalue weighted by Gasteiger charge is 2.25. The topological polar surface area (TPSA) is 86.9 Å². The Morgan fingerprint density at radius 3 is 2.08 bits per heavy atom. The second kappa shape index (κ2) is 14.7. The molecule has 6 nitrogen and oxygen atoms in total. The van der Waals surface area contributed by atoms with Crippen LogP contribution >= 0.6 is 0 Å². The number of carbonyl (C=O) groups is 2. The molecule has 2 atom stereocenters. The van der Waals surface area contributed by atoms with Gasteiger partial charge in [-0.15, -0.1) is 0 Å². The van der Waals surface area contributed by atoms with Gasteiger partial charge in [0.2, 0.25) is 0 Å². The monoisotopic (exact) mass is 550 g/mol. The van der Waals surface area contributed by atoms with Crippen molar-refractivity contribution in [2.24, 2.45) is 5.73 Å². The summed E-state index contributed by atoms with van der Waals surface area (Å²) in [7, 11) is 0. The number of nitrogens with zero attached hydrogens (tertiary/aromatic N) is 2. The third-order valence-electron chi connectivity index (χ3n) is 6.57. The maximum absolute atomic E-state index is 13.8. The van der Waals surface area contributed by atoms with Crippen LogP contribution in [0.1, 0.15) is 64.1 Å². The molecule has 3 aromatic rings. The maximum atomic E-state index is 13.8. The molecule has 0 saturated heterocycles. The Morgan fingerprint density at radius 2 is 1.52 bits per heavy atom. The lowest BCUT2D eigenvalue weighted by atomic mass is 10.00. The zero-order valence-electron chi connectivity index (χ0n) is 23.4. The molecule has 0 fully saturated rings. The lowest BCUT2D eigenvalue weighted by molar-refractivity contribution is 0.0554. The Labute approximate surface area is 235 Å². The van der Waals surface area contributed by atoms with Gasteiger partial charge in [-0.05, 0) is 85.3 Å². The van der Waals surface area contributed by atoms with Gasteiger partial charge >= 0.3 is 0 Å². The SMILES string of the molecule is CCCN(CCC)C(=O)c1cc(C)cc(C(=O)N(Cc2c[c]ccc2)C[C@@H](O)[C@@H](N)Cc2cc(F)cc(F)c2)c1. The van der Waals surface area contributed by atoms with Gasteiger partial charge in [-0.1, -0.05) is 32.0 Å². The quantitative estimate of drug-likeness (QED) is 0.317. The molecule has 0 heterocycles. The first-order chi connectivity index (χ1) is 19.1. The molecule has 0 spiro atoms. The van der Waals surface area contributed by atoms with Crippen molar-refractivity contribution in [1.82, 2.24) is 9.80 Å². The van der Waals surface area contributed by atoms with Crippen LogP contribution < -0.4 is 5.73 Å². The average molecular weight is 551 g/mol. The minimum atomic E-state index is -1.18. The van der Waals surface area contributed by atoms with Gasteiger partial charge in [-0.3, -0.25) is 9.59 Å². The van der Waals surface area contributed by atoms with Gasteiger partial charge in [-0.25, -0.2) is 8.78 Å². The zero-order chi connectivity index (χ0) is 29.2. The Hall–Kier alpha value is -3.62. The second-order valence-electron chi connectivity index (χ2n) is 10.2. The van der Waals surface area contributed by atoms with Crippen LogP contribution in [0.5, 0.6) is 0 Å². The largest absolute Gasteiger partial charge is 0.390 e. The van der Waals surface area contributed by atoms with Gasteiger partial charge < -0.3 is 20.6 Å². The van der Waals surface area contributed by atoms with Crippen LogP contribution in [0.3, 0.4) is 0 Å². The smallest absolute Gasteiger partial charge is 0.254 e. The Morgan fingerprint density at radius 1 is 0.925 bits per heavy atom. The van der Waals surface area contributed by atoms with Gasteiger partial charge in [0.25, 0.3) is 11.8 Å². The van der Waals surface area contributed by atoms with Crippen molar-refractivity contribution >= 4 is 11.8 Å². The summed E-state index contributed by atoms with van der Waals surface area (Å²) >= 11 is 0. The molecule has 213 valence electrons. The van der Waals surface area contributed by atoms with Crippen LogP contribution in [0.25, 0.3) is 0 Å².